The van der Waals surface area contributed by atoms with Crippen LogP contribution in [-0.2, 0) is 0 Å². The van der Waals surface area contributed by atoms with Gasteiger partial charge in [-0.2, -0.15) is 0 Å². The first-order valence-corrected chi connectivity index (χ1v) is 11.5. The van der Waals surface area contributed by atoms with Crippen molar-refractivity contribution in [1.82, 2.24) is 4.90 Å². The van der Waals surface area contributed by atoms with Crippen molar-refractivity contribution in [2.45, 2.75) is 6.10 Å². The van der Waals surface area contributed by atoms with E-state index in [4.69, 9.17) is 4.74 Å². The molecular formula is C28H29FN2O3. The number of ether oxygens (including phenoxy) is 1. The van der Waals surface area contributed by atoms with Crippen LogP contribution >= 0.6 is 0 Å². The first-order chi connectivity index (χ1) is 16.6. The summed E-state index contributed by atoms with van der Waals surface area (Å²) in [6.45, 7) is 4.41. The lowest BCUT2D eigenvalue weighted by atomic mass is 10.1. The quantitative estimate of drug-likeness (QED) is 0.382. The van der Waals surface area contributed by atoms with E-state index in [1.54, 1.807) is 42.5 Å². The number of aliphatic hydroxyl groups is 1. The number of nitrogens with zero attached hydrogens (tertiary/aromatic N) is 2. The molecule has 0 spiro atoms. The fraction of sp³-hybridized carbons (Fsp3) is 0.250. The SMILES string of the molecule is O=C(C=Cc1ccc(F)cc1)c1ccc(OC[C@H](O)CN2CCN(c3ccccc3)CC2)cc1. The van der Waals surface area contributed by atoms with E-state index in [0.29, 0.717) is 17.9 Å². The van der Waals surface area contributed by atoms with Crippen LogP contribution in [0, 0.1) is 5.82 Å². The predicted molar refractivity (Wildman–Crippen MR) is 133 cm³/mol. The summed E-state index contributed by atoms with van der Waals surface area (Å²) >= 11 is 0. The van der Waals surface area contributed by atoms with Crippen molar-refractivity contribution in [2.24, 2.45) is 0 Å². The Morgan fingerprint density at radius 1 is 0.941 bits per heavy atom. The predicted octanol–water partition coefficient (Wildman–Crippen LogP) is 4.28. The summed E-state index contributed by atoms with van der Waals surface area (Å²) < 4.78 is 18.7. The van der Waals surface area contributed by atoms with Gasteiger partial charge in [-0.15, -0.1) is 0 Å². The van der Waals surface area contributed by atoms with Crippen molar-refractivity contribution in [3.63, 3.8) is 0 Å². The lowest BCUT2D eigenvalue weighted by Gasteiger charge is -2.36. The van der Waals surface area contributed by atoms with Crippen molar-refractivity contribution < 1.29 is 19.0 Å². The molecule has 1 N–H and O–H groups in total. The molecule has 0 amide bonds. The van der Waals surface area contributed by atoms with Gasteiger partial charge in [0.15, 0.2) is 5.78 Å². The molecule has 6 heteroatoms. The van der Waals surface area contributed by atoms with Crippen LogP contribution in [-0.4, -0.2) is 61.2 Å². The molecule has 0 aliphatic carbocycles. The van der Waals surface area contributed by atoms with Gasteiger partial charge in [-0.05, 0) is 60.2 Å². The lowest BCUT2D eigenvalue weighted by Crippen LogP contribution is -2.49. The number of β-amino-alcohol motifs (C(OH)–C–C–N with tert-alkyl or cyclic N) is 1. The third-order valence-electron chi connectivity index (χ3n) is 5.84. The van der Waals surface area contributed by atoms with Gasteiger partial charge in [0.2, 0.25) is 0 Å². The van der Waals surface area contributed by atoms with E-state index in [1.165, 1.54) is 23.9 Å². The van der Waals surface area contributed by atoms with Crippen LogP contribution in [0.3, 0.4) is 0 Å². The number of hydrogen-bond acceptors (Lipinski definition) is 5. The average Bonchev–Trinajstić information content (AvgIpc) is 2.88. The molecule has 0 saturated carbocycles. The number of piperazine rings is 1. The number of aliphatic hydroxyl groups excluding tert-OH is 1. The van der Waals surface area contributed by atoms with Crippen LogP contribution in [0.2, 0.25) is 0 Å². The fourth-order valence-corrected chi connectivity index (χ4v) is 3.93. The van der Waals surface area contributed by atoms with Gasteiger partial charge >= 0.3 is 0 Å². The average molecular weight is 461 g/mol. The van der Waals surface area contributed by atoms with Gasteiger partial charge in [0.05, 0.1) is 0 Å². The van der Waals surface area contributed by atoms with Crippen LogP contribution in [0.1, 0.15) is 15.9 Å². The second kappa shape index (κ2) is 11.6. The Hall–Kier alpha value is -3.48. The Morgan fingerprint density at radius 2 is 1.62 bits per heavy atom. The van der Waals surface area contributed by atoms with E-state index < -0.39 is 6.10 Å². The standard InChI is InChI=1S/C28H29FN2O3/c29-24-11-6-22(7-12-24)8-15-28(33)23-9-13-27(14-10-23)34-21-26(32)20-30-16-18-31(19-17-30)25-4-2-1-3-5-25/h1-15,26,32H,16-21H2/t26-/m1/s1. The van der Waals surface area contributed by atoms with Gasteiger partial charge in [0.25, 0.3) is 0 Å². The highest BCUT2D eigenvalue weighted by Gasteiger charge is 2.19. The third kappa shape index (κ3) is 6.76. The maximum atomic E-state index is 13.0. The third-order valence-corrected chi connectivity index (χ3v) is 5.84. The van der Waals surface area contributed by atoms with Crippen LogP contribution in [0.25, 0.3) is 6.08 Å². The van der Waals surface area contributed by atoms with E-state index in [1.807, 2.05) is 6.07 Å². The number of halogens is 1. The van der Waals surface area contributed by atoms with Gasteiger partial charge in [-0.3, -0.25) is 9.69 Å². The number of hydrogen-bond donors (Lipinski definition) is 1. The Morgan fingerprint density at radius 3 is 2.29 bits per heavy atom. The summed E-state index contributed by atoms with van der Waals surface area (Å²) in [5.74, 6) is 0.146. The fourth-order valence-electron chi connectivity index (χ4n) is 3.93. The maximum absolute atomic E-state index is 13.0. The molecule has 1 heterocycles. The highest BCUT2D eigenvalue weighted by molar-refractivity contribution is 6.06. The van der Waals surface area contributed by atoms with Crippen molar-refractivity contribution in [2.75, 3.05) is 44.2 Å². The van der Waals surface area contributed by atoms with E-state index in [-0.39, 0.29) is 18.2 Å². The topological polar surface area (TPSA) is 53.0 Å². The van der Waals surface area contributed by atoms with Gasteiger partial charge < -0.3 is 14.7 Å². The minimum absolute atomic E-state index is 0.148. The summed E-state index contributed by atoms with van der Waals surface area (Å²) in [6.07, 6.45) is 2.52. The van der Waals surface area contributed by atoms with Crippen LogP contribution < -0.4 is 9.64 Å². The van der Waals surface area contributed by atoms with E-state index in [0.717, 1.165) is 31.7 Å². The van der Waals surface area contributed by atoms with Crippen LogP contribution in [0.15, 0.2) is 84.9 Å². The van der Waals surface area contributed by atoms with Crippen LogP contribution in [0.5, 0.6) is 5.75 Å². The lowest BCUT2D eigenvalue weighted by molar-refractivity contribution is 0.0663. The number of allylic oxidation sites excluding steroid dienone is 1. The molecular weight excluding hydrogens is 431 g/mol. The Bertz CT molecular complexity index is 1080. The number of carbonyl (C=O) groups excluding carboxylic acids is 1. The number of ketones is 1. The van der Waals surface area contributed by atoms with Crippen molar-refractivity contribution in [3.8, 4) is 5.75 Å². The zero-order valence-corrected chi connectivity index (χ0v) is 19.0. The molecule has 1 saturated heterocycles. The smallest absolute Gasteiger partial charge is 0.185 e. The van der Waals surface area contributed by atoms with Crippen LogP contribution in [0.4, 0.5) is 10.1 Å². The Kier molecular flexibility index (Phi) is 8.07. The number of benzene rings is 3. The van der Waals surface area contributed by atoms with E-state index in [9.17, 15) is 14.3 Å². The monoisotopic (exact) mass is 460 g/mol. The number of para-hydroxylation sites is 1. The molecule has 1 fully saturated rings. The minimum atomic E-state index is -0.594. The maximum Gasteiger partial charge on any atom is 0.185 e. The molecule has 0 radical (unpaired) electrons. The van der Waals surface area contributed by atoms with E-state index >= 15 is 0 Å². The highest BCUT2D eigenvalue weighted by atomic mass is 19.1. The molecule has 0 unspecified atom stereocenters. The minimum Gasteiger partial charge on any atom is -0.491 e. The molecule has 4 rings (SSSR count). The second-order valence-corrected chi connectivity index (χ2v) is 8.36. The van der Waals surface area contributed by atoms with Crippen molar-refractivity contribution >= 4 is 17.5 Å². The molecule has 1 aliphatic heterocycles. The summed E-state index contributed by atoms with van der Waals surface area (Å²) in [4.78, 5) is 17.0. The first-order valence-electron chi connectivity index (χ1n) is 11.5. The molecule has 0 bridgehead atoms. The molecule has 1 atom stereocenters. The van der Waals surface area contributed by atoms with Gasteiger partial charge in [0, 0.05) is 44.0 Å². The highest BCUT2D eigenvalue weighted by Crippen LogP contribution is 2.17. The summed E-state index contributed by atoms with van der Waals surface area (Å²) in [5, 5.41) is 10.4. The normalized spacial score (nSPS) is 15.4. The Labute approximate surface area is 199 Å². The number of rotatable bonds is 9. The Balaban J connectivity index is 1.19. The molecule has 3 aromatic rings. The molecule has 1 aliphatic rings. The molecule has 5 nitrogen and oxygen atoms in total. The van der Waals surface area contributed by atoms with E-state index in [2.05, 4.69) is 34.1 Å². The molecule has 0 aromatic heterocycles. The zero-order valence-electron chi connectivity index (χ0n) is 19.0. The number of anilines is 1. The molecule has 34 heavy (non-hydrogen) atoms. The first kappa shape index (κ1) is 23.7. The largest absolute Gasteiger partial charge is 0.491 e. The second-order valence-electron chi connectivity index (χ2n) is 8.36. The summed E-state index contributed by atoms with van der Waals surface area (Å²) in [6, 6.07) is 23.2. The van der Waals surface area contributed by atoms with Gasteiger partial charge in [-0.1, -0.05) is 36.4 Å². The summed E-state index contributed by atoms with van der Waals surface area (Å²) in [7, 11) is 0. The van der Waals surface area contributed by atoms with Crippen molar-refractivity contribution in [1.29, 1.82) is 0 Å². The number of carbonyl (C=O) groups is 1. The summed E-state index contributed by atoms with van der Waals surface area (Å²) in [5.41, 5.74) is 2.52. The molecule has 3 aromatic carbocycles. The molecule has 176 valence electrons. The van der Waals surface area contributed by atoms with Gasteiger partial charge in [-0.25, -0.2) is 4.39 Å². The van der Waals surface area contributed by atoms with Gasteiger partial charge in [0.1, 0.15) is 24.3 Å². The van der Waals surface area contributed by atoms with Crippen molar-refractivity contribution in [3.05, 3.63) is 102 Å². The zero-order chi connectivity index (χ0) is 23.8.